The van der Waals surface area contributed by atoms with Gasteiger partial charge in [0.1, 0.15) is 23.6 Å². The normalized spacial score (nSPS) is 46.7. The van der Waals surface area contributed by atoms with Crippen LogP contribution < -0.4 is 0 Å². The van der Waals surface area contributed by atoms with Crippen molar-refractivity contribution >= 4 is 35.4 Å². The second-order valence-electron chi connectivity index (χ2n) is 16.9. The summed E-state index contributed by atoms with van der Waals surface area (Å²) in [7, 11) is 0. The number of ether oxygens (including phenoxy) is 6. The summed E-state index contributed by atoms with van der Waals surface area (Å²) >= 11 is 0. The van der Waals surface area contributed by atoms with E-state index in [0.717, 1.165) is 5.56 Å². The van der Waals surface area contributed by atoms with E-state index in [-0.39, 0.29) is 18.9 Å². The van der Waals surface area contributed by atoms with Gasteiger partial charge in [0.25, 0.3) is 0 Å². The minimum absolute atomic E-state index is 0.0554. The standard InChI is InChI=1S/C39H50O14/c1-10-17(2)33(46)52-34-35(7)24-14-25(44)37(9)29(38(24,16-48-34)31(50-20(5)42)27(18(3)40)30(35)49-19(4)41)28(45)32(51-21(6)43)36(8)23(22-11-12-47-15-22)13-26-39(36,37)53-26/h11-12,15,17,23-27,29-32,34,44H,10,13-14,16H2,1-9H3/t17-,23+,24+,25-,26-,27+,29+,30-,31+,32+,34-,35-,36-,37-,38+,39-/m1/s1. The zero-order valence-electron chi connectivity index (χ0n) is 31.7. The highest BCUT2D eigenvalue weighted by Crippen LogP contribution is 2.83. The summed E-state index contributed by atoms with van der Waals surface area (Å²) in [6.45, 7) is 13.4. The van der Waals surface area contributed by atoms with Gasteiger partial charge in [-0.25, -0.2) is 0 Å². The quantitative estimate of drug-likeness (QED) is 0.231. The molecule has 0 aromatic carbocycles. The molecule has 0 amide bonds. The number of hydrogen-bond acceptors (Lipinski definition) is 14. The van der Waals surface area contributed by atoms with Gasteiger partial charge in [-0.2, -0.15) is 0 Å². The number of furan rings is 1. The fourth-order valence-corrected chi connectivity index (χ4v) is 12.4. The summed E-state index contributed by atoms with van der Waals surface area (Å²) in [4.78, 5) is 82.1. The lowest BCUT2D eigenvalue weighted by Gasteiger charge is -2.74. The topological polar surface area (TPSA) is 194 Å². The smallest absolute Gasteiger partial charge is 0.310 e. The predicted molar refractivity (Wildman–Crippen MR) is 179 cm³/mol. The molecule has 53 heavy (non-hydrogen) atoms. The van der Waals surface area contributed by atoms with Crippen molar-refractivity contribution in [3.63, 3.8) is 0 Å². The van der Waals surface area contributed by atoms with Gasteiger partial charge < -0.3 is 37.9 Å². The first-order chi connectivity index (χ1) is 24.8. The van der Waals surface area contributed by atoms with Gasteiger partial charge in [0.15, 0.2) is 11.9 Å². The van der Waals surface area contributed by atoms with Gasteiger partial charge in [-0.05, 0) is 50.7 Å². The summed E-state index contributed by atoms with van der Waals surface area (Å²) in [6, 6.07) is 1.80. The number of esters is 4. The number of hydrogen-bond donors (Lipinski definition) is 1. The molecule has 1 spiro atoms. The molecule has 4 aliphatic carbocycles. The van der Waals surface area contributed by atoms with Crippen LogP contribution in [0.4, 0.5) is 0 Å². The average molecular weight is 743 g/mol. The summed E-state index contributed by atoms with van der Waals surface area (Å²) in [6.07, 6.45) is -3.37. The van der Waals surface area contributed by atoms with Gasteiger partial charge in [-0.15, -0.1) is 0 Å². The van der Waals surface area contributed by atoms with Crippen molar-refractivity contribution in [1.82, 2.24) is 0 Å². The Hall–Kier alpha value is -3.62. The van der Waals surface area contributed by atoms with Gasteiger partial charge in [0, 0.05) is 43.4 Å². The number of rotatable bonds is 8. The van der Waals surface area contributed by atoms with Crippen LogP contribution in [0.2, 0.25) is 0 Å². The van der Waals surface area contributed by atoms with E-state index in [1.807, 2.05) is 13.8 Å². The van der Waals surface area contributed by atoms with E-state index < -0.39 is 123 Å². The molecule has 0 radical (unpaired) electrons. The lowest BCUT2D eigenvalue weighted by atomic mass is 9.32. The number of carbonyl (C=O) groups is 6. The van der Waals surface area contributed by atoms with Crippen LogP contribution in [0.15, 0.2) is 23.0 Å². The average Bonchev–Trinajstić information content (AvgIpc) is 3.43. The highest BCUT2D eigenvalue weighted by Gasteiger charge is 2.93. The molecule has 0 unspecified atom stereocenters. The van der Waals surface area contributed by atoms with Crippen LogP contribution in [-0.2, 0) is 57.2 Å². The maximum atomic E-state index is 15.8. The molecule has 2 aliphatic heterocycles. The van der Waals surface area contributed by atoms with E-state index in [2.05, 4.69) is 0 Å². The molecule has 4 saturated carbocycles. The highest BCUT2D eigenvalue weighted by atomic mass is 16.7. The van der Waals surface area contributed by atoms with E-state index in [4.69, 9.17) is 32.8 Å². The summed E-state index contributed by atoms with van der Waals surface area (Å²) in [5.74, 6) is -8.32. The molecule has 1 aromatic rings. The van der Waals surface area contributed by atoms with Gasteiger partial charge in [0.2, 0.25) is 6.29 Å². The highest BCUT2D eigenvalue weighted by molar-refractivity contribution is 5.93. The Labute approximate surface area is 307 Å². The zero-order chi connectivity index (χ0) is 38.8. The van der Waals surface area contributed by atoms with E-state index in [1.54, 1.807) is 33.1 Å². The van der Waals surface area contributed by atoms with Crippen LogP contribution in [-0.4, -0.2) is 89.6 Å². The van der Waals surface area contributed by atoms with Crippen LogP contribution in [0.3, 0.4) is 0 Å². The van der Waals surface area contributed by atoms with Gasteiger partial charge in [-0.3, -0.25) is 28.8 Å². The molecule has 1 N–H and O–H groups in total. The van der Waals surface area contributed by atoms with Gasteiger partial charge in [0.05, 0.1) is 54.0 Å². The van der Waals surface area contributed by atoms with Crippen LogP contribution in [0, 0.1) is 45.3 Å². The molecule has 290 valence electrons. The maximum absolute atomic E-state index is 15.8. The van der Waals surface area contributed by atoms with Gasteiger partial charge >= 0.3 is 23.9 Å². The fourth-order valence-electron chi connectivity index (χ4n) is 12.4. The Balaban J connectivity index is 1.50. The summed E-state index contributed by atoms with van der Waals surface area (Å²) in [5.41, 5.74) is -6.23. The summed E-state index contributed by atoms with van der Waals surface area (Å²) in [5, 5.41) is 12.7. The number of Topliss-reactive ketones (excluding diaryl/α,β-unsaturated/α-hetero) is 2. The Kier molecular flexibility index (Phi) is 8.67. The number of fused-ring (bicyclic) bond motifs is 1. The van der Waals surface area contributed by atoms with Gasteiger partial charge in [-0.1, -0.05) is 27.7 Å². The molecule has 14 nitrogen and oxygen atoms in total. The lowest BCUT2D eigenvalue weighted by molar-refractivity contribution is -0.382. The van der Waals surface area contributed by atoms with Crippen molar-refractivity contribution in [2.24, 2.45) is 45.3 Å². The third kappa shape index (κ3) is 4.60. The SMILES string of the molecule is CC[C@@H](C)C(=O)O[C@H]1OC[C@@]23[C@H]4C(=O)[C@H](OC(C)=O)[C@@]5(C)[C@H](c6ccoc6)C[C@H]6O[C@]65[C@]4(C)[C@H](O)C[C@H]2[C@]1(C)[C@H](OC(C)=O)[C@H](C(C)=O)[C@@H]3OC(C)=O. The number of carbonyl (C=O) groups excluding carboxylic acids is 6. The van der Waals surface area contributed by atoms with Crippen LogP contribution >= 0.6 is 0 Å². The third-order valence-corrected chi connectivity index (χ3v) is 14.6. The first kappa shape index (κ1) is 37.7. The van der Waals surface area contributed by atoms with Crippen LogP contribution in [0.1, 0.15) is 93.1 Å². The van der Waals surface area contributed by atoms with Crippen molar-refractivity contribution in [2.45, 2.75) is 130 Å². The zero-order valence-corrected chi connectivity index (χ0v) is 31.7. The first-order valence-electron chi connectivity index (χ1n) is 18.6. The Bertz CT molecular complexity index is 1740. The Morgan fingerprint density at radius 2 is 1.57 bits per heavy atom. The molecule has 6 fully saturated rings. The van der Waals surface area contributed by atoms with E-state index in [9.17, 15) is 29.1 Å². The molecule has 2 saturated heterocycles. The fraction of sp³-hybridized carbons (Fsp3) is 0.744. The maximum Gasteiger partial charge on any atom is 0.310 e. The molecule has 16 atom stereocenters. The first-order valence-corrected chi connectivity index (χ1v) is 18.6. The van der Waals surface area contributed by atoms with E-state index in [1.165, 1.54) is 34.0 Å². The van der Waals surface area contributed by atoms with Crippen molar-refractivity contribution in [2.75, 3.05) is 6.61 Å². The minimum atomic E-state index is -1.60. The van der Waals surface area contributed by atoms with Crippen molar-refractivity contribution < 1.29 is 66.7 Å². The largest absolute Gasteiger partial charge is 0.472 e. The second kappa shape index (κ2) is 12.2. The number of aliphatic hydroxyl groups excluding tert-OH is 1. The predicted octanol–water partition coefficient (Wildman–Crippen LogP) is 3.45. The number of ketones is 2. The monoisotopic (exact) mass is 742 g/mol. The molecular weight excluding hydrogens is 692 g/mol. The van der Waals surface area contributed by atoms with Crippen molar-refractivity contribution in [1.29, 1.82) is 0 Å². The molecular formula is C39H50O14. The Morgan fingerprint density at radius 1 is 0.925 bits per heavy atom. The second-order valence-corrected chi connectivity index (χ2v) is 16.9. The van der Waals surface area contributed by atoms with E-state index in [0.29, 0.717) is 12.8 Å². The molecule has 14 heteroatoms. The number of epoxide rings is 1. The summed E-state index contributed by atoms with van der Waals surface area (Å²) < 4.78 is 43.0. The third-order valence-electron chi connectivity index (χ3n) is 14.6. The van der Waals surface area contributed by atoms with Crippen molar-refractivity contribution in [3.05, 3.63) is 24.2 Å². The van der Waals surface area contributed by atoms with Crippen LogP contribution in [0.25, 0.3) is 0 Å². The lowest BCUT2D eigenvalue weighted by Crippen LogP contribution is -2.84. The Morgan fingerprint density at radius 3 is 2.13 bits per heavy atom. The molecule has 7 rings (SSSR count). The molecule has 6 aliphatic rings. The number of aliphatic hydroxyl groups is 1. The molecule has 2 bridgehead atoms. The van der Waals surface area contributed by atoms with Crippen LogP contribution in [0.5, 0.6) is 0 Å². The molecule has 3 heterocycles. The molecule has 1 aromatic heterocycles. The van der Waals surface area contributed by atoms with E-state index >= 15 is 4.79 Å². The minimum Gasteiger partial charge on any atom is -0.472 e. The van der Waals surface area contributed by atoms with Crippen molar-refractivity contribution in [3.8, 4) is 0 Å².